The summed E-state index contributed by atoms with van der Waals surface area (Å²) in [4.78, 5) is 17.8. The normalized spacial score (nSPS) is 30.2. The molecule has 4 rings (SSSR count). The largest absolute Gasteiger partial charge is 0.396 e. The molecule has 0 spiro atoms. The van der Waals surface area contributed by atoms with Gasteiger partial charge in [0, 0.05) is 44.3 Å². The van der Waals surface area contributed by atoms with E-state index in [1.54, 1.807) is 0 Å². The van der Waals surface area contributed by atoms with Crippen LogP contribution in [0.2, 0.25) is 0 Å². The Kier molecular flexibility index (Phi) is 5.53. The van der Waals surface area contributed by atoms with Gasteiger partial charge in [0.15, 0.2) is 0 Å². The fraction of sp³-hybridized carbons (Fsp3) is 0.682. The van der Waals surface area contributed by atoms with Gasteiger partial charge in [-0.2, -0.15) is 0 Å². The molecule has 0 bridgehead atoms. The zero-order chi connectivity index (χ0) is 18.9. The molecule has 5 nitrogen and oxygen atoms in total. The molecule has 1 aromatic carbocycles. The molecule has 3 aliphatic rings. The number of hydrogen-bond donors (Lipinski definition) is 1. The van der Waals surface area contributed by atoms with Crippen LogP contribution in [0.5, 0.6) is 0 Å². The molecule has 3 heterocycles. The summed E-state index contributed by atoms with van der Waals surface area (Å²) in [7, 11) is 1.92. The summed E-state index contributed by atoms with van der Waals surface area (Å²) in [5.74, 6) is 0.322. The Bertz CT molecular complexity index is 644. The maximum atomic E-state index is 13.4. The molecular formula is C22H32N2O3. The first-order chi connectivity index (χ1) is 13.1. The molecule has 3 aliphatic heterocycles. The predicted molar refractivity (Wildman–Crippen MR) is 104 cm³/mol. The second kappa shape index (κ2) is 7.90. The Morgan fingerprint density at radius 1 is 1.30 bits per heavy atom. The van der Waals surface area contributed by atoms with Crippen LogP contribution in [0.4, 0.5) is 0 Å². The van der Waals surface area contributed by atoms with Crippen LogP contribution in [0.1, 0.15) is 43.7 Å². The number of rotatable bonds is 5. The summed E-state index contributed by atoms with van der Waals surface area (Å²) >= 11 is 0. The number of ether oxygens (including phenoxy) is 1. The van der Waals surface area contributed by atoms with E-state index in [-0.39, 0.29) is 23.8 Å². The predicted octanol–water partition coefficient (Wildman–Crippen LogP) is 2.46. The SMILES string of the molecule is CN(CC1(CO)CCOCC1)C(=O)[C@H]1C[C@@H](c2ccccc2)N2CCC[C@H]12. The molecule has 148 valence electrons. The number of aliphatic hydroxyl groups excluding tert-OH is 1. The van der Waals surface area contributed by atoms with Gasteiger partial charge in [0.1, 0.15) is 0 Å². The van der Waals surface area contributed by atoms with Crippen LogP contribution in [-0.4, -0.2) is 66.8 Å². The lowest BCUT2D eigenvalue weighted by Crippen LogP contribution is -2.47. The fourth-order valence-corrected chi connectivity index (χ4v) is 5.47. The average molecular weight is 373 g/mol. The van der Waals surface area contributed by atoms with Crippen molar-refractivity contribution in [2.24, 2.45) is 11.3 Å². The highest BCUT2D eigenvalue weighted by atomic mass is 16.5. The van der Waals surface area contributed by atoms with Crippen LogP contribution in [0.15, 0.2) is 30.3 Å². The summed E-state index contributed by atoms with van der Waals surface area (Å²) in [5, 5.41) is 9.98. The van der Waals surface area contributed by atoms with E-state index < -0.39 is 0 Å². The molecule has 3 fully saturated rings. The smallest absolute Gasteiger partial charge is 0.227 e. The molecule has 0 saturated carbocycles. The standard InChI is InChI=1S/C22H32N2O3/c1-23(15-22(16-25)9-12-27-13-10-22)21(26)18-14-20(17-6-3-2-4-7-17)24-11-5-8-19(18)24/h2-4,6-7,18-20,25H,5,8-16H2,1H3/t18-,19+,20-/m0/s1. The van der Waals surface area contributed by atoms with E-state index in [0.29, 0.717) is 31.8 Å². The molecule has 1 amide bonds. The van der Waals surface area contributed by atoms with Crippen LogP contribution >= 0.6 is 0 Å². The summed E-state index contributed by atoms with van der Waals surface area (Å²) in [6, 6.07) is 11.4. The first-order valence-corrected chi connectivity index (χ1v) is 10.4. The minimum absolute atomic E-state index is 0.0679. The van der Waals surface area contributed by atoms with Crippen molar-refractivity contribution < 1.29 is 14.6 Å². The van der Waals surface area contributed by atoms with Crippen LogP contribution in [-0.2, 0) is 9.53 Å². The molecule has 0 aliphatic carbocycles. The van der Waals surface area contributed by atoms with Gasteiger partial charge in [-0.05, 0) is 44.2 Å². The number of benzene rings is 1. The maximum absolute atomic E-state index is 13.4. The molecule has 0 radical (unpaired) electrons. The Labute approximate surface area is 162 Å². The van der Waals surface area contributed by atoms with Gasteiger partial charge in [-0.25, -0.2) is 0 Å². The lowest BCUT2D eigenvalue weighted by Gasteiger charge is -2.39. The van der Waals surface area contributed by atoms with E-state index in [2.05, 4.69) is 35.2 Å². The number of hydrogen-bond acceptors (Lipinski definition) is 4. The topological polar surface area (TPSA) is 53.0 Å². The van der Waals surface area contributed by atoms with Crippen LogP contribution < -0.4 is 0 Å². The van der Waals surface area contributed by atoms with E-state index in [9.17, 15) is 9.90 Å². The van der Waals surface area contributed by atoms with E-state index >= 15 is 0 Å². The van der Waals surface area contributed by atoms with Crippen molar-refractivity contribution in [3.8, 4) is 0 Å². The summed E-state index contributed by atoms with van der Waals surface area (Å²) in [5.41, 5.74) is 1.13. The molecular weight excluding hydrogens is 340 g/mol. The molecule has 3 saturated heterocycles. The van der Waals surface area contributed by atoms with E-state index in [4.69, 9.17) is 4.74 Å². The van der Waals surface area contributed by atoms with Crippen molar-refractivity contribution in [1.29, 1.82) is 0 Å². The zero-order valence-electron chi connectivity index (χ0n) is 16.3. The van der Waals surface area contributed by atoms with Gasteiger partial charge < -0.3 is 14.7 Å². The van der Waals surface area contributed by atoms with Crippen LogP contribution in [0, 0.1) is 11.3 Å². The number of carbonyl (C=O) groups excluding carboxylic acids is 1. The van der Waals surface area contributed by atoms with Crippen molar-refractivity contribution in [3.63, 3.8) is 0 Å². The minimum Gasteiger partial charge on any atom is -0.396 e. The number of carbonyl (C=O) groups is 1. The highest BCUT2D eigenvalue weighted by Gasteiger charge is 2.48. The van der Waals surface area contributed by atoms with Crippen molar-refractivity contribution in [2.45, 2.75) is 44.2 Å². The second-order valence-corrected chi connectivity index (χ2v) is 8.68. The van der Waals surface area contributed by atoms with Crippen LogP contribution in [0.3, 0.4) is 0 Å². The van der Waals surface area contributed by atoms with Crippen molar-refractivity contribution in [1.82, 2.24) is 9.80 Å². The third-order valence-corrected chi connectivity index (χ3v) is 7.02. The molecule has 0 unspecified atom stereocenters. The lowest BCUT2D eigenvalue weighted by molar-refractivity contribution is -0.138. The van der Waals surface area contributed by atoms with Crippen molar-refractivity contribution >= 4 is 5.91 Å². The molecule has 1 aromatic rings. The molecule has 0 aromatic heterocycles. The first-order valence-electron chi connectivity index (χ1n) is 10.4. The van der Waals surface area contributed by atoms with Crippen LogP contribution in [0.25, 0.3) is 0 Å². The van der Waals surface area contributed by atoms with Gasteiger partial charge >= 0.3 is 0 Å². The second-order valence-electron chi connectivity index (χ2n) is 8.68. The summed E-state index contributed by atoms with van der Waals surface area (Å²) in [6.07, 6.45) is 4.86. The monoisotopic (exact) mass is 372 g/mol. The number of nitrogens with zero attached hydrogens (tertiary/aromatic N) is 2. The first kappa shape index (κ1) is 18.9. The van der Waals surface area contributed by atoms with Gasteiger partial charge in [-0.3, -0.25) is 9.69 Å². The maximum Gasteiger partial charge on any atom is 0.227 e. The zero-order valence-corrected chi connectivity index (χ0v) is 16.3. The summed E-state index contributed by atoms with van der Waals surface area (Å²) in [6.45, 7) is 3.21. The lowest BCUT2D eigenvalue weighted by atomic mass is 9.80. The summed E-state index contributed by atoms with van der Waals surface area (Å²) < 4.78 is 5.47. The molecule has 5 heteroatoms. The molecule has 1 N–H and O–H groups in total. The Balaban J connectivity index is 1.48. The van der Waals surface area contributed by atoms with Gasteiger partial charge in [0.2, 0.25) is 5.91 Å². The highest BCUT2D eigenvalue weighted by Crippen LogP contribution is 2.45. The van der Waals surface area contributed by atoms with Gasteiger partial charge in [0.05, 0.1) is 12.5 Å². The third kappa shape index (κ3) is 3.65. The quantitative estimate of drug-likeness (QED) is 0.863. The van der Waals surface area contributed by atoms with E-state index in [1.165, 1.54) is 12.0 Å². The average Bonchev–Trinajstić information content (AvgIpc) is 3.31. The number of aliphatic hydroxyl groups is 1. The molecule has 3 atom stereocenters. The van der Waals surface area contributed by atoms with Gasteiger partial charge in [0.25, 0.3) is 0 Å². The minimum atomic E-state index is -0.199. The van der Waals surface area contributed by atoms with Gasteiger partial charge in [-0.1, -0.05) is 30.3 Å². The molecule has 27 heavy (non-hydrogen) atoms. The Morgan fingerprint density at radius 3 is 2.74 bits per heavy atom. The van der Waals surface area contributed by atoms with Gasteiger partial charge in [-0.15, -0.1) is 0 Å². The third-order valence-electron chi connectivity index (χ3n) is 7.02. The fourth-order valence-electron chi connectivity index (χ4n) is 5.47. The van der Waals surface area contributed by atoms with Crippen molar-refractivity contribution in [3.05, 3.63) is 35.9 Å². The Morgan fingerprint density at radius 2 is 2.04 bits per heavy atom. The number of amides is 1. The Hall–Kier alpha value is -1.43. The van der Waals surface area contributed by atoms with E-state index in [1.807, 2.05) is 11.9 Å². The van der Waals surface area contributed by atoms with E-state index in [0.717, 1.165) is 32.2 Å². The number of fused-ring (bicyclic) bond motifs is 1. The highest BCUT2D eigenvalue weighted by molar-refractivity contribution is 5.80. The van der Waals surface area contributed by atoms with Crippen molar-refractivity contribution in [2.75, 3.05) is 40.0 Å².